The molecule has 3 N–H and O–H groups in total. The molecule has 7 heteroatoms. The number of unbranched alkanes of at least 4 members (excludes halogenated alkanes) is 1. The summed E-state index contributed by atoms with van der Waals surface area (Å²) in [6.45, 7) is 0. The number of hydrogen-bond acceptors (Lipinski definition) is 4. The predicted octanol–water partition coefficient (Wildman–Crippen LogP) is -0.469. The van der Waals surface area contributed by atoms with Crippen LogP contribution in [0.15, 0.2) is 0 Å². The van der Waals surface area contributed by atoms with Crippen LogP contribution in [-0.4, -0.2) is 36.9 Å². The molecule has 0 aromatic heterocycles. The number of primary amides is 1. The van der Waals surface area contributed by atoms with Crippen molar-refractivity contribution < 1.29 is 23.1 Å². The van der Waals surface area contributed by atoms with E-state index in [4.69, 9.17) is 10.8 Å². The maximum absolute atomic E-state index is 11.2. The van der Waals surface area contributed by atoms with Gasteiger partial charge in [-0.2, -0.15) is 0 Å². The van der Waals surface area contributed by atoms with Crippen molar-refractivity contribution in [1.82, 2.24) is 0 Å². The zero-order valence-electron chi connectivity index (χ0n) is 8.31. The van der Waals surface area contributed by atoms with Crippen LogP contribution in [-0.2, 0) is 19.4 Å². The molecular formula is C8H15NO5S. The van der Waals surface area contributed by atoms with Gasteiger partial charge in [-0.05, 0) is 12.8 Å². The highest BCUT2D eigenvalue weighted by Crippen LogP contribution is 2.02. The van der Waals surface area contributed by atoms with Gasteiger partial charge in [0.1, 0.15) is 0 Å². The second-order valence-electron chi connectivity index (χ2n) is 3.22. The van der Waals surface area contributed by atoms with Gasteiger partial charge in [0.2, 0.25) is 5.91 Å². The Morgan fingerprint density at radius 2 is 1.67 bits per heavy atom. The first-order valence-electron chi connectivity index (χ1n) is 4.54. The summed E-state index contributed by atoms with van der Waals surface area (Å²) < 4.78 is 22.4. The molecule has 0 spiro atoms. The molecule has 15 heavy (non-hydrogen) atoms. The number of aliphatic carboxylic acids is 1. The number of rotatable bonds is 8. The first-order chi connectivity index (χ1) is 6.83. The Hall–Kier alpha value is -1.11. The summed E-state index contributed by atoms with van der Waals surface area (Å²) in [5, 5.41) is 8.31. The first-order valence-corrected chi connectivity index (χ1v) is 6.36. The predicted molar refractivity (Wildman–Crippen MR) is 54.0 cm³/mol. The molecule has 0 saturated heterocycles. The molecule has 0 saturated carbocycles. The number of nitrogens with two attached hydrogens (primary N) is 1. The van der Waals surface area contributed by atoms with E-state index in [1.165, 1.54) is 0 Å². The first kappa shape index (κ1) is 13.9. The standard InChI is InChI=1S/C8H15NO5S/c9-7(10)4-6-15(13,14)5-2-1-3-8(11)12/h1-6H2,(H2,9,10)(H,11,12). The van der Waals surface area contributed by atoms with E-state index in [1.807, 2.05) is 0 Å². The van der Waals surface area contributed by atoms with E-state index in [-0.39, 0.29) is 24.3 Å². The van der Waals surface area contributed by atoms with Gasteiger partial charge >= 0.3 is 5.97 Å². The Morgan fingerprint density at radius 1 is 1.07 bits per heavy atom. The van der Waals surface area contributed by atoms with Crippen LogP contribution < -0.4 is 5.73 Å². The molecule has 88 valence electrons. The summed E-state index contributed by atoms with van der Waals surface area (Å²) in [4.78, 5) is 20.5. The molecular weight excluding hydrogens is 222 g/mol. The highest BCUT2D eigenvalue weighted by Gasteiger charge is 2.12. The van der Waals surface area contributed by atoms with Crippen molar-refractivity contribution >= 4 is 21.7 Å². The number of amides is 1. The van der Waals surface area contributed by atoms with Crippen LogP contribution in [0, 0.1) is 0 Å². The molecule has 0 aliphatic carbocycles. The van der Waals surface area contributed by atoms with E-state index >= 15 is 0 Å². The van der Waals surface area contributed by atoms with Gasteiger partial charge in [-0.1, -0.05) is 0 Å². The summed E-state index contributed by atoms with van der Waals surface area (Å²) in [7, 11) is -3.27. The highest BCUT2D eigenvalue weighted by molar-refractivity contribution is 7.91. The summed E-state index contributed by atoms with van der Waals surface area (Å²) >= 11 is 0. The lowest BCUT2D eigenvalue weighted by Crippen LogP contribution is -2.19. The summed E-state index contributed by atoms with van der Waals surface area (Å²) in [5.41, 5.74) is 4.81. The fourth-order valence-corrected chi connectivity index (χ4v) is 2.32. The monoisotopic (exact) mass is 237 g/mol. The Balaban J connectivity index is 3.75. The Kier molecular flexibility index (Phi) is 5.92. The minimum absolute atomic E-state index is 0.0364. The van der Waals surface area contributed by atoms with Gasteiger partial charge in [0.25, 0.3) is 0 Å². The van der Waals surface area contributed by atoms with E-state index in [9.17, 15) is 18.0 Å². The summed E-state index contributed by atoms with van der Waals surface area (Å²) in [5.74, 6) is -1.93. The Bertz CT molecular complexity index is 322. The van der Waals surface area contributed by atoms with Crippen molar-refractivity contribution in [1.29, 1.82) is 0 Å². The lowest BCUT2D eigenvalue weighted by Gasteiger charge is -2.01. The van der Waals surface area contributed by atoms with Crippen LogP contribution in [0.1, 0.15) is 25.7 Å². The van der Waals surface area contributed by atoms with E-state index in [1.54, 1.807) is 0 Å². The second-order valence-corrected chi connectivity index (χ2v) is 5.52. The van der Waals surface area contributed by atoms with E-state index < -0.39 is 21.7 Å². The van der Waals surface area contributed by atoms with Crippen LogP contribution in [0.25, 0.3) is 0 Å². The van der Waals surface area contributed by atoms with Crippen LogP contribution >= 0.6 is 0 Å². The van der Waals surface area contributed by atoms with Gasteiger partial charge in [0.05, 0.1) is 11.5 Å². The SMILES string of the molecule is NC(=O)CCS(=O)(=O)CCCCC(=O)O. The molecule has 0 rings (SSSR count). The average molecular weight is 237 g/mol. The molecule has 0 aromatic carbocycles. The Morgan fingerprint density at radius 3 is 2.13 bits per heavy atom. The molecule has 0 bridgehead atoms. The van der Waals surface area contributed by atoms with Crippen molar-refractivity contribution in [3.8, 4) is 0 Å². The van der Waals surface area contributed by atoms with Gasteiger partial charge in [0, 0.05) is 12.8 Å². The van der Waals surface area contributed by atoms with Crippen molar-refractivity contribution in [2.45, 2.75) is 25.7 Å². The molecule has 0 aliphatic heterocycles. The molecule has 0 radical (unpaired) electrons. The smallest absolute Gasteiger partial charge is 0.303 e. The van der Waals surface area contributed by atoms with Gasteiger partial charge in [0.15, 0.2) is 9.84 Å². The van der Waals surface area contributed by atoms with E-state index in [2.05, 4.69) is 0 Å². The van der Waals surface area contributed by atoms with Crippen LogP contribution in [0.5, 0.6) is 0 Å². The highest BCUT2D eigenvalue weighted by atomic mass is 32.2. The minimum Gasteiger partial charge on any atom is -0.481 e. The third-order valence-corrected chi connectivity index (χ3v) is 3.49. The molecule has 0 atom stereocenters. The maximum atomic E-state index is 11.2. The molecule has 0 fully saturated rings. The summed E-state index contributed by atoms with van der Waals surface area (Å²) in [6.07, 6.45) is 0.408. The van der Waals surface area contributed by atoms with Crippen LogP contribution in [0.3, 0.4) is 0 Å². The zero-order valence-corrected chi connectivity index (χ0v) is 9.12. The number of carbonyl (C=O) groups is 2. The topological polar surface area (TPSA) is 115 Å². The third kappa shape index (κ3) is 9.20. The number of carbonyl (C=O) groups excluding carboxylic acids is 1. The molecule has 0 aliphatic rings. The van der Waals surface area contributed by atoms with Gasteiger partial charge < -0.3 is 10.8 Å². The number of carboxylic acid groups (broad SMARTS) is 1. The second kappa shape index (κ2) is 6.39. The maximum Gasteiger partial charge on any atom is 0.303 e. The van der Waals surface area contributed by atoms with Gasteiger partial charge in [-0.15, -0.1) is 0 Å². The molecule has 0 heterocycles. The van der Waals surface area contributed by atoms with Crippen molar-refractivity contribution in [3.63, 3.8) is 0 Å². The molecule has 0 unspecified atom stereocenters. The van der Waals surface area contributed by atoms with Crippen molar-refractivity contribution in [2.75, 3.05) is 11.5 Å². The minimum atomic E-state index is -3.27. The van der Waals surface area contributed by atoms with Crippen LogP contribution in [0.4, 0.5) is 0 Å². The van der Waals surface area contributed by atoms with Crippen molar-refractivity contribution in [3.05, 3.63) is 0 Å². The lowest BCUT2D eigenvalue weighted by molar-refractivity contribution is -0.137. The number of hydrogen-bond donors (Lipinski definition) is 2. The average Bonchev–Trinajstić information content (AvgIpc) is 2.09. The molecule has 0 aromatic rings. The molecule has 1 amide bonds. The normalized spacial score (nSPS) is 11.2. The number of sulfone groups is 1. The zero-order chi connectivity index (χ0) is 11.9. The fourth-order valence-electron chi connectivity index (χ4n) is 0.956. The van der Waals surface area contributed by atoms with Crippen LogP contribution in [0.2, 0.25) is 0 Å². The quantitative estimate of drug-likeness (QED) is 0.554. The van der Waals surface area contributed by atoms with Gasteiger partial charge in [-0.25, -0.2) is 8.42 Å². The van der Waals surface area contributed by atoms with E-state index in [0.717, 1.165) is 0 Å². The molecule has 6 nitrogen and oxygen atoms in total. The van der Waals surface area contributed by atoms with E-state index in [0.29, 0.717) is 12.8 Å². The summed E-state index contributed by atoms with van der Waals surface area (Å²) in [6, 6.07) is 0. The number of carboxylic acids is 1. The largest absolute Gasteiger partial charge is 0.481 e. The third-order valence-electron chi connectivity index (χ3n) is 1.76. The Labute approximate surface area is 88.4 Å². The van der Waals surface area contributed by atoms with Gasteiger partial charge in [-0.3, -0.25) is 9.59 Å². The fraction of sp³-hybridized carbons (Fsp3) is 0.750. The van der Waals surface area contributed by atoms with Crippen molar-refractivity contribution in [2.24, 2.45) is 5.73 Å². The lowest BCUT2D eigenvalue weighted by atomic mass is 10.3.